The van der Waals surface area contributed by atoms with E-state index in [9.17, 15) is 4.79 Å². The highest BCUT2D eigenvalue weighted by molar-refractivity contribution is 6.69. The Morgan fingerprint density at radius 3 is 2.41 bits per heavy atom. The van der Waals surface area contributed by atoms with E-state index >= 15 is 0 Å². The standard InChI is InChI=1S/C24H39NO3Si/c1-7-27-21(26)17-24(28-29(4,5)6)15-16-25-19-22(2,13-14-23(25,3)18-24)20-11-9-8-10-12-20/h8-12H,7,13-19H2,1-6H3. The maximum absolute atomic E-state index is 12.5. The minimum Gasteiger partial charge on any atom is -0.466 e. The molecule has 0 radical (unpaired) electrons. The van der Waals surface area contributed by atoms with Crippen molar-refractivity contribution in [2.24, 2.45) is 0 Å². The van der Waals surface area contributed by atoms with Crippen LogP contribution >= 0.6 is 0 Å². The lowest BCUT2D eigenvalue weighted by atomic mass is 9.65. The van der Waals surface area contributed by atoms with E-state index in [-0.39, 0.29) is 22.5 Å². The number of rotatable bonds is 6. The molecule has 0 aliphatic carbocycles. The summed E-state index contributed by atoms with van der Waals surface area (Å²) in [6.07, 6.45) is 4.47. The number of ether oxygens (including phenoxy) is 1. The zero-order valence-corrected chi connectivity index (χ0v) is 20.2. The molecule has 2 saturated heterocycles. The Hall–Kier alpha value is -1.17. The molecule has 3 unspecified atom stereocenters. The second kappa shape index (κ2) is 8.16. The van der Waals surface area contributed by atoms with Crippen molar-refractivity contribution in [3.8, 4) is 0 Å². The maximum atomic E-state index is 12.5. The fraction of sp³-hybridized carbons (Fsp3) is 0.708. The molecule has 2 fully saturated rings. The second-order valence-corrected chi connectivity index (χ2v) is 15.1. The Morgan fingerprint density at radius 1 is 1.10 bits per heavy atom. The van der Waals surface area contributed by atoms with E-state index < -0.39 is 8.32 Å². The largest absolute Gasteiger partial charge is 0.466 e. The second-order valence-electron chi connectivity index (χ2n) is 10.7. The quantitative estimate of drug-likeness (QED) is 0.475. The number of carbonyl (C=O) groups excluding carboxylic acids is 1. The third-order valence-corrected chi connectivity index (χ3v) is 7.87. The van der Waals surface area contributed by atoms with Crippen molar-refractivity contribution in [2.75, 3.05) is 19.7 Å². The third-order valence-electron chi connectivity index (χ3n) is 6.82. The number of piperidine rings is 2. The minimum absolute atomic E-state index is 0.0681. The lowest BCUT2D eigenvalue weighted by molar-refractivity contribution is -0.154. The van der Waals surface area contributed by atoms with Gasteiger partial charge < -0.3 is 9.16 Å². The normalized spacial score (nSPS) is 33.2. The molecule has 0 N–H and O–H groups in total. The molecule has 2 aliphatic heterocycles. The van der Waals surface area contributed by atoms with Crippen LogP contribution < -0.4 is 0 Å². The smallest absolute Gasteiger partial charge is 0.308 e. The van der Waals surface area contributed by atoms with Crippen molar-refractivity contribution in [1.82, 2.24) is 4.90 Å². The first-order chi connectivity index (χ1) is 13.5. The van der Waals surface area contributed by atoms with Gasteiger partial charge in [0.15, 0.2) is 8.32 Å². The van der Waals surface area contributed by atoms with E-state index in [0.717, 1.165) is 38.8 Å². The van der Waals surface area contributed by atoms with Crippen molar-refractivity contribution < 1.29 is 14.0 Å². The average Bonchev–Trinajstić information content (AvgIpc) is 2.62. The first-order valence-corrected chi connectivity index (χ1v) is 14.6. The highest BCUT2D eigenvalue weighted by Gasteiger charge is 2.53. The predicted molar refractivity (Wildman–Crippen MR) is 121 cm³/mol. The summed E-state index contributed by atoms with van der Waals surface area (Å²) in [6, 6.07) is 10.9. The average molecular weight is 418 g/mol. The number of esters is 1. The van der Waals surface area contributed by atoms with Gasteiger partial charge >= 0.3 is 5.97 Å². The highest BCUT2D eigenvalue weighted by Crippen LogP contribution is 2.49. The van der Waals surface area contributed by atoms with Crippen LogP contribution in [0.25, 0.3) is 0 Å². The van der Waals surface area contributed by atoms with E-state index in [2.05, 4.69) is 68.7 Å². The van der Waals surface area contributed by atoms with Crippen molar-refractivity contribution in [3.63, 3.8) is 0 Å². The molecular weight excluding hydrogens is 378 g/mol. The summed E-state index contributed by atoms with van der Waals surface area (Å²) < 4.78 is 12.1. The van der Waals surface area contributed by atoms with Crippen LogP contribution in [-0.2, 0) is 19.4 Å². The summed E-state index contributed by atoms with van der Waals surface area (Å²) in [4.78, 5) is 15.1. The summed E-state index contributed by atoms with van der Waals surface area (Å²) in [5.41, 5.74) is 1.30. The molecule has 29 heavy (non-hydrogen) atoms. The molecule has 3 rings (SSSR count). The summed E-state index contributed by atoms with van der Waals surface area (Å²) >= 11 is 0. The molecule has 0 spiro atoms. The van der Waals surface area contributed by atoms with E-state index in [0.29, 0.717) is 13.0 Å². The first kappa shape index (κ1) is 22.5. The lowest BCUT2D eigenvalue weighted by Crippen LogP contribution is -2.65. The van der Waals surface area contributed by atoms with Gasteiger partial charge in [0.05, 0.1) is 18.6 Å². The van der Waals surface area contributed by atoms with Crippen molar-refractivity contribution in [3.05, 3.63) is 35.9 Å². The number of carbonyl (C=O) groups is 1. The molecule has 162 valence electrons. The van der Waals surface area contributed by atoms with Crippen molar-refractivity contribution >= 4 is 14.3 Å². The Bertz CT molecular complexity index is 719. The van der Waals surface area contributed by atoms with Crippen LogP contribution in [0.1, 0.15) is 58.4 Å². The fourth-order valence-electron chi connectivity index (χ4n) is 5.54. The van der Waals surface area contributed by atoms with Gasteiger partial charge in [-0.15, -0.1) is 0 Å². The molecule has 2 aliphatic rings. The van der Waals surface area contributed by atoms with Crippen LogP contribution in [0.4, 0.5) is 0 Å². The molecule has 0 bridgehead atoms. The molecule has 0 saturated carbocycles. The van der Waals surface area contributed by atoms with Gasteiger partial charge in [-0.25, -0.2) is 0 Å². The highest BCUT2D eigenvalue weighted by atomic mass is 28.4. The van der Waals surface area contributed by atoms with E-state index in [1.807, 2.05) is 6.92 Å². The molecule has 3 atom stereocenters. The van der Waals surface area contributed by atoms with Gasteiger partial charge in [0, 0.05) is 24.0 Å². The van der Waals surface area contributed by atoms with E-state index in [1.54, 1.807) is 0 Å². The zero-order valence-electron chi connectivity index (χ0n) is 19.2. The van der Waals surface area contributed by atoms with Gasteiger partial charge in [-0.3, -0.25) is 9.69 Å². The van der Waals surface area contributed by atoms with Gasteiger partial charge in [-0.2, -0.15) is 0 Å². The summed E-state index contributed by atoms with van der Waals surface area (Å²) in [7, 11) is -1.80. The summed E-state index contributed by atoms with van der Waals surface area (Å²) in [6.45, 7) is 15.8. The van der Waals surface area contributed by atoms with Gasteiger partial charge in [-0.05, 0) is 64.7 Å². The van der Waals surface area contributed by atoms with Crippen LogP contribution in [-0.4, -0.2) is 50.0 Å². The van der Waals surface area contributed by atoms with Crippen molar-refractivity contribution in [1.29, 1.82) is 0 Å². The Balaban J connectivity index is 1.81. The molecule has 1 aromatic rings. The van der Waals surface area contributed by atoms with E-state index in [1.165, 1.54) is 5.56 Å². The third kappa shape index (κ3) is 5.12. The summed E-state index contributed by atoms with van der Waals surface area (Å²) in [5.74, 6) is -0.118. The van der Waals surface area contributed by atoms with Crippen LogP contribution in [0.15, 0.2) is 30.3 Å². The van der Waals surface area contributed by atoms with Crippen LogP contribution in [0.5, 0.6) is 0 Å². The number of hydrogen-bond acceptors (Lipinski definition) is 4. The number of nitrogens with zero attached hydrogens (tertiary/aromatic N) is 1. The molecule has 4 nitrogen and oxygen atoms in total. The maximum Gasteiger partial charge on any atom is 0.308 e. The predicted octanol–water partition coefficient (Wildman–Crippen LogP) is 5.14. The monoisotopic (exact) mass is 417 g/mol. The minimum atomic E-state index is -1.80. The van der Waals surface area contributed by atoms with Crippen molar-refractivity contribution in [2.45, 2.75) is 89.1 Å². The molecule has 0 aromatic heterocycles. The van der Waals surface area contributed by atoms with Crippen LogP contribution in [0.2, 0.25) is 19.6 Å². The number of fused-ring (bicyclic) bond motifs is 1. The first-order valence-electron chi connectivity index (χ1n) is 11.2. The topological polar surface area (TPSA) is 38.8 Å². The Kier molecular flexibility index (Phi) is 6.33. The van der Waals surface area contributed by atoms with Gasteiger partial charge in [0.1, 0.15) is 0 Å². The molecule has 5 heteroatoms. The Labute approximate surface area is 178 Å². The molecule has 1 aromatic carbocycles. The zero-order chi connectivity index (χ0) is 21.3. The summed E-state index contributed by atoms with van der Waals surface area (Å²) in [5, 5.41) is 0. The number of hydrogen-bond donors (Lipinski definition) is 0. The SMILES string of the molecule is CCOC(=O)CC1(O[Si](C)(C)C)CCN2CC(C)(c3ccccc3)CCC2(C)C1. The lowest BCUT2D eigenvalue weighted by Gasteiger charge is -2.59. The van der Waals surface area contributed by atoms with Gasteiger partial charge in [-0.1, -0.05) is 37.3 Å². The van der Waals surface area contributed by atoms with E-state index in [4.69, 9.17) is 9.16 Å². The van der Waals surface area contributed by atoms with Gasteiger partial charge in [0.25, 0.3) is 0 Å². The fourth-order valence-corrected chi connectivity index (χ4v) is 7.09. The molecule has 2 heterocycles. The molecular formula is C24H39NO3Si. The van der Waals surface area contributed by atoms with Crippen LogP contribution in [0.3, 0.4) is 0 Å². The number of benzene rings is 1. The van der Waals surface area contributed by atoms with Gasteiger partial charge in [0.2, 0.25) is 0 Å². The Morgan fingerprint density at radius 2 is 1.79 bits per heavy atom. The van der Waals surface area contributed by atoms with Crippen LogP contribution in [0, 0.1) is 0 Å². The molecule has 0 amide bonds.